The van der Waals surface area contributed by atoms with Gasteiger partial charge in [-0.1, -0.05) is 30.3 Å². The Bertz CT molecular complexity index is 903. The number of amides is 2. The van der Waals surface area contributed by atoms with E-state index < -0.39 is 0 Å². The lowest BCUT2D eigenvalue weighted by Crippen LogP contribution is -2.41. The zero-order chi connectivity index (χ0) is 17.2. The normalized spacial score (nSPS) is 16.0. The Hall–Kier alpha value is -3.02. The SMILES string of the molecule is C[C@@H]1Cc2ccccc2N1CCNC(=O)Nn1cnc2ccccc21. The number of carbonyl (C=O) groups excluding carboxylic acids is 1. The molecule has 0 spiro atoms. The molecule has 1 aliphatic rings. The Labute approximate surface area is 146 Å². The third-order valence-electron chi connectivity index (χ3n) is 4.66. The summed E-state index contributed by atoms with van der Waals surface area (Å²) in [5, 5.41) is 2.92. The first-order valence-corrected chi connectivity index (χ1v) is 8.54. The summed E-state index contributed by atoms with van der Waals surface area (Å²) >= 11 is 0. The molecule has 0 radical (unpaired) electrons. The second-order valence-corrected chi connectivity index (χ2v) is 6.35. The predicted octanol–water partition coefficient (Wildman–Crippen LogP) is 2.74. The van der Waals surface area contributed by atoms with Crippen LogP contribution in [0.15, 0.2) is 54.9 Å². The summed E-state index contributed by atoms with van der Waals surface area (Å²) in [6.07, 6.45) is 2.67. The molecule has 6 nitrogen and oxygen atoms in total. The molecule has 3 aromatic rings. The van der Waals surface area contributed by atoms with Crippen LogP contribution in [0.3, 0.4) is 0 Å². The lowest BCUT2D eigenvalue weighted by atomic mass is 10.1. The summed E-state index contributed by atoms with van der Waals surface area (Å²) in [6, 6.07) is 16.4. The number of hydrogen-bond acceptors (Lipinski definition) is 3. The number of nitrogens with zero attached hydrogens (tertiary/aromatic N) is 3. The van der Waals surface area contributed by atoms with Crippen LogP contribution < -0.4 is 15.6 Å². The summed E-state index contributed by atoms with van der Waals surface area (Å²) in [6.45, 7) is 3.59. The summed E-state index contributed by atoms with van der Waals surface area (Å²) in [5.41, 5.74) is 7.19. The first-order valence-electron chi connectivity index (χ1n) is 8.54. The average molecular weight is 335 g/mol. The highest BCUT2D eigenvalue weighted by Crippen LogP contribution is 2.31. The molecule has 1 atom stereocenters. The number of carbonyl (C=O) groups is 1. The van der Waals surface area contributed by atoms with Gasteiger partial charge in [0.05, 0.1) is 11.0 Å². The molecule has 2 aromatic carbocycles. The van der Waals surface area contributed by atoms with E-state index in [1.54, 1.807) is 11.0 Å². The van der Waals surface area contributed by atoms with Gasteiger partial charge in [-0.05, 0) is 37.1 Å². The van der Waals surface area contributed by atoms with E-state index in [4.69, 9.17) is 0 Å². The lowest BCUT2D eigenvalue weighted by molar-refractivity contribution is 0.250. The summed E-state index contributed by atoms with van der Waals surface area (Å²) in [4.78, 5) is 18.8. The van der Waals surface area contributed by atoms with E-state index >= 15 is 0 Å². The number of nitrogens with one attached hydrogen (secondary N) is 2. The van der Waals surface area contributed by atoms with E-state index in [2.05, 4.69) is 51.8 Å². The van der Waals surface area contributed by atoms with Crippen molar-refractivity contribution in [2.75, 3.05) is 23.4 Å². The van der Waals surface area contributed by atoms with Crippen LogP contribution in [-0.2, 0) is 6.42 Å². The van der Waals surface area contributed by atoms with Crippen LogP contribution in [0.2, 0.25) is 0 Å². The number of para-hydroxylation sites is 3. The van der Waals surface area contributed by atoms with Crippen molar-refractivity contribution in [1.29, 1.82) is 0 Å². The van der Waals surface area contributed by atoms with Crippen molar-refractivity contribution in [3.8, 4) is 0 Å². The molecule has 0 aliphatic carbocycles. The Morgan fingerprint density at radius 3 is 2.92 bits per heavy atom. The molecular weight excluding hydrogens is 314 g/mol. The number of rotatable bonds is 4. The van der Waals surface area contributed by atoms with Gasteiger partial charge in [0.1, 0.15) is 6.33 Å². The molecule has 0 saturated carbocycles. The first-order chi connectivity index (χ1) is 12.2. The van der Waals surface area contributed by atoms with Gasteiger partial charge in [-0.3, -0.25) is 0 Å². The van der Waals surface area contributed by atoms with Crippen molar-refractivity contribution in [3.05, 3.63) is 60.4 Å². The maximum Gasteiger partial charge on any atom is 0.334 e. The van der Waals surface area contributed by atoms with Crippen molar-refractivity contribution in [3.63, 3.8) is 0 Å². The van der Waals surface area contributed by atoms with Gasteiger partial charge in [-0.2, -0.15) is 0 Å². The molecule has 0 fully saturated rings. The summed E-state index contributed by atoms with van der Waals surface area (Å²) in [5.74, 6) is 0. The Balaban J connectivity index is 1.34. The monoisotopic (exact) mass is 335 g/mol. The fourth-order valence-electron chi connectivity index (χ4n) is 3.46. The van der Waals surface area contributed by atoms with Gasteiger partial charge >= 0.3 is 6.03 Å². The molecule has 4 rings (SSSR count). The average Bonchev–Trinajstić information content (AvgIpc) is 3.16. The van der Waals surface area contributed by atoms with Gasteiger partial charge in [-0.25, -0.2) is 19.9 Å². The number of aromatic nitrogens is 2. The van der Waals surface area contributed by atoms with Crippen molar-refractivity contribution >= 4 is 22.8 Å². The highest BCUT2D eigenvalue weighted by Gasteiger charge is 2.24. The smallest absolute Gasteiger partial charge is 0.334 e. The maximum atomic E-state index is 12.2. The standard InChI is InChI=1S/C19H21N5O/c1-14-12-15-6-2-4-8-17(15)23(14)11-10-20-19(25)22-24-13-21-16-7-3-5-9-18(16)24/h2-9,13-14H,10-12H2,1H3,(H2,20,22,25)/t14-/m1/s1. The Morgan fingerprint density at radius 2 is 2.00 bits per heavy atom. The van der Waals surface area contributed by atoms with E-state index in [0.29, 0.717) is 12.6 Å². The number of fused-ring (bicyclic) bond motifs is 2. The minimum atomic E-state index is -0.233. The molecule has 1 aliphatic heterocycles. The van der Waals surface area contributed by atoms with E-state index in [1.165, 1.54) is 11.3 Å². The van der Waals surface area contributed by atoms with Gasteiger partial charge in [0.25, 0.3) is 0 Å². The summed E-state index contributed by atoms with van der Waals surface area (Å²) in [7, 11) is 0. The highest BCUT2D eigenvalue weighted by atomic mass is 16.2. The van der Waals surface area contributed by atoms with E-state index in [9.17, 15) is 4.79 Å². The molecule has 128 valence electrons. The number of urea groups is 1. The number of anilines is 1. The molecule has 2 amide bonds. The predicted molar refractivity (Wildman–Crippen MR) is 99.4 cm³/mol. The number of benzene rings is 2. The molecule has 0 bridgehead atoms. The maximum absolute atomic E-state index is 12.2. The molecule has 25 heavy (non-hydrogen) atoms. The van der Waals surface area contributed by atoms with Crippen molar-refractivity contribution in [2.45, 2.75) is 19.4 Å². The second-order valence-electron chi connectivity index (χ2n) is 6.35. The fraction of sp³-hybridized carbons (Fsp3) is 0.263. The van der Waals surface area contributed by atoms with Crippen LogP contribution in [0.5, 0.6) is 0 Å². The first kappa shape index (κ1) is 15.5. The van der Waals surface area contributed by atoms with E-state index in [1.807, 2.05) is 24.3 Å². The van der Waals surface area contributed by atoms with Crippen LogP contribution in [0.25, 0.3) is 11.0 Å². The van der Waals surface area contributed by atoms with E-state index in [-0.39, 0.29) is 6.03 Å². The van der Waals surface area contributed by atoms with E-state index in [0.717, 1.165) is 24.0 Å². The largest absolute Gasteiger partial charge is 0.367 e. The van der Waals surface area contributed by atoms with Gasteiger partial charge in [-0.15, -0.1) is 0 Å². The lowest BCUT2D eigenvalue weighted by Gasteiger charge is -2.25. The van der Waals surface area contributed by atoms with Gasteiger partial charge in [0.15, 0.2) is 0 Å². The Kier molecular flexibility index (Phi) is 4.01. The van der Waals surface area contributed by atoms with Gasteiger partial charge in [0.2, 0.25) is 0 Å². The minimum Gasteiger partial charge on any atom is -0.367 e. The zero-order valence-electron chi connectivity index (χ0n) is 14.1. The van der Waals surface area contributed by atoms with Crippen molar-refractivity contribution < 1.29 is 4.79 Å². The second kappa shape index (κ2) is 6.47. The molecular formula is C19H21N5O. The van der Waals surface area contributed by atoms with Crippen molar-refractivity contribution in [1.82, 2.24) is 15.0 Å². The molecule has 0 unspecified atom stereocenters. The minimum absolute atomic E-state index is 0.233. The molecule has 1 aromatic heterocycles. The molecule has 2 N–H and O–H groups in total. The number of imidazole rings is 1. The van der Waals surface area contributed by atoms with Gasteiger partial charge < -0.3 is 10.2 Å². The number of hydrogen-bond donors (Lipinski definition) is 2. The van der Waals surface area contributed by atoms with Crippen LogP contribution in [0.4, 0.5) is 10.5 Å². The highest BCUT2D eigenvalue weighted by molar-refractivity contribution is 5.85. The molecule has 6 heteroatoms. The van der Waals surface area contributed by atoms with Crippen LogP contribution in [-0.4, -0.2) is 34.8 Å². The topological polar surface area (TPSA) is 62.2 Å². The van der Waals surface area contributed by atoms with Crippen LogP contribution >= 0.6 is 0 Å². The van der Waals surface area contributed by atoms with Crippen LogP contribution in [0.1, 0.15) is 12.5 Å². The molecule has 2 heterocycles. The zero-order valence-corrected chi connectivity index (χ0v) is 14.1. The third kappa shape index (κ3) is 3.03. The quantitative estimate of drug-likeness (QED) is 0.771. The van der Waals surface area contributed by atoms with Crippen LogP contribution in [0, 0.1) is 0 Å². The summed E-state index contributed by atoms with van der Waals surface area (Å²) < 4.78 is 1.64. The van der Waals surface area contributed by atoms with Crippen molar-refractivity contribution in [2.24, 2.45) is 0 Å². The Morgan fingerprint density at radius 1 is 1.20 bits per heavy atom. The fourth-order valence-corrected chi connectivity index (χ4v) is 3.46. The third-order valence-corrected chi connectivity index (χ3v) is 4.66. The molecule has 0 saturated heterocycles. The van der Waals surface area contributed by atoms with Gasteiger partial charge in [0, 0.05) is 24.8 Å².